The topological polar surface area (TPSA) is 29.3 Å². The van der Waals surface area contributed by atoms with Crippen molar-refractivity contribution < 1.29 is 0 Å². The van der Waals surface area contributed by atoms with Gasteiger partial charge in [0, 0.05) is 29.3 Å². The van der Waals surface area contributed by atoms with E-state index in [-0.39, 0.29) is 6.04 Å². The van der Waals surface area contributed by atoms with Crippen LogP contribution in [0.15, 0.2) is 22.7 Å². The van der Waals surface area contributed by atoms with E-state index in [1.165, 1.54) is 43.6 Å². The summed E-state index contributed by atoms with van der Waals surface area (Å²) in [7, 11) is 0. The van der Waals surface area contributed by atoms with E-state index in [1.54, 1.807) is 0 Å². The predicted molar refractivity (Wildman–Crippen MR) is 82.0 cm³/mol. The molecule has 0 aliphatic carbocycles. The molecule has 1 aliphatic heterocycles. The fourth-order valence-corrected chi connectivity index (χ4v) is 3.33. The largest absolute Gasteiger partial charge is 0.371 e. The molecular formula is C15H23BrN2. The fraction of sp³-hybridized carbons (Fsp3) is 0.600. The monoisotopic (exact) mass is 310 g/mol. The average Bonchev–Trinajstić information content (AvgIpc) is 2.53. The van der Waals surface area contributed by atoms with Gasteiger partial charge in [0.2, 0.25) is 0 Å². The average molecular weight is 311 g/mol. The first kappa shape index (κ1) is 13.9. The molecule has 0 aromatic heterocycles. The van der Waals surface area contributed by atoms with Crippen LogP contribution in [0.5, 0.6) is 0 Å². The standard InChI is InChI=1S/C15H23BrN2/c1-11-4-3-8-18(9-7-11)13-5-6-14(12(2)17)15(16)10-13/h5-6,10-12H,3-4,7-9,17H2,1-2H3/t11?,12-/m0/s1. The van der Waals surface area contributed by atoms with Crippen LogP contribution in [0.25, 0.3) is 0 Å². The molecule has 1 heterocycles. The summed E-state index contributed by atoms with van der Waals surface area (Å²) in [6.45, 7) is 6.73. The van der Waals surface area contributed by atoms with Gasteiger partial charge in [-0.25, -0.2) is 0 Å². The smallest absolute Gasteiger partial charge is 0.0377 e. The van der Waals surface area contributed by atoms with Crippen molar-refractivity contribution >= 4 is 21.6 Å². The molecule has 1 aromatic rings. The first-order valence-electron chi connectivity index (χ1n) is 6.88. The van der Waals surface area contributed by atoms with E-state index in [1.807, 2.05) is 6.92 Å². The highest BCUT2D eigenvalue weighted by Gasteiger charge is 2.15. The molecule has 2 N–H and O–H groups in total. The lowest BCUT2D eigenvalue weighted by Gasteiger charge is -2.24. The molecule has 100 valence electrons. The van der Waals surface area contributed by atoms with Gasteiger partial charge in [-0.15, -0.1) is 0 Å². The van der Waals surface area contributed by atoms with E-state index in [9.17, 15) is 0 Å². The van der Waals surface area contributed by atoms with Gasteiger partial charge < -0.3 is 10.6 Å². The van der Waals surface area contributed by atoms with Gasteiger partial charge in [0.25, 0.3) is 0 Å². The van der Waals surface area contributed by atoms with Crippen molar-refractivity contribution in [3.63, 3.8) is 0 Å². The molecule has 2 nitrogen and oxygen atoms in total. The van der Waals surface area contributed by atoms with Crippen LogP contribution in [-0.2, 0) is 0 Å². The molecule has 18 heavy (non-hydrogen) atoms. The summed E-state index contributed by atoms with van der Waals surface area (Å²) >= 11 is 3.64. The molecule has 0 amide bonds. The third-order valence-electron chi connectivity index (χ3n) is 3.86. The first-order chi connectivity index (χ1) is 8.58. The number of rotatable bonds is 2. The van der Waals surface area contributed by atoms with Crippen LogP contribution in [0, 0.1) is 5.92 Å². The minimum absolute atomic E-state index is 0.0811. The number of nitrogens with zero attached hydrogens (tertiary/aromatic N) is 1. The number of halogens is 1. The number of benzene rings is 1. The summed E-state index contributed by atoms with van der Waals surface area (Å²) in [5, 5.41) is 0. The van der Waals surface area contributed by atoms with Crippen LogP contribution >= 0.6 is 15.9 Å². The maximum atomic E-state index is 5.94. The molecule has 1 aliphatic rings. The third kappa shape index (κ3) is 3.27. The van der Waals surface area contributed by atoms with Gasteiger partial charge in [-0.2, -0.15) is 0 Å². The summed E-state index contributed by atoms with van der Waals surface area (Å²) in [4.78, 5) is 2.50. The molecule has 1 saturated heterocycles. The normalized spacial score (nSPS) is 22.7. The number of hydrogen-bond donors (Lipinski definition) is 1. The summed E-state index contributed by atoms with van der Waals surface area (Å²) in [5.41, 5.74) is 8.44. The van der Waals surface area contributed by atoms with Crippen molar-refractivity contribution in [1.82, 2.24) is 0 Å². The molecular weight excluding hydrogens is 288 g/mol. The molecule has 0 saturated carbocycles. The third-order valence-corrected chi connectivity index (χ3v) is 4.54. The van der Waals surface area contributed by atoms with Gasteiger partial charge in [0.1, 0.15) is 0 Å². The molecule has 2 rings (SSSR count). The molecule has 0 radical (unpaired) electrons. The summed E-state index contributed by atoms with van der Waals surface area (Å²) in [6, 6.07) is 6.66. The Balaban J connectivity index is 2.15. The highest BCUT2D eigenvalue weighted by atomic mass is 79.9. The van der Waals surface area contributed by atoms with Crippen LogP contribution < -0.4 is 10.6 Å². The summed E-state index contributed by atoms with van der Waals surface area (Å²) in [5.74, 6) is 0.863. The molecule has 1 fully saturated rings. The number of hydrogen-bond acceptors (Lipinski definition) is 2. The lowest BCUT2D eigenvalue weighted by molar-refractivity contribution is 0.521. The highest BCUT2D eigenvalue weighted by Crippen LogP contribution is 2.29. The highest BCUT2D eigenvalue weighted by molar-refractivity contribution is 9.10. The number of anilines is 1. The van der Waals surface area contributed by atoms with Crippen LogP contribution in [-0.4, -0.2) is 13.1 Å². The first-order valence-corrected chi connectivity index (χ1v) is 7.67. The fourth-order valence-electron chi connectivity index (χ4n) is 2.60. The maximum Gasteiger partial charge on any atom is 0.0377 e. The lowest BCUT2D eigenvalue weighted by Crippen LogP contribution is -2.24. The van der Waals surface area contributed by atoms with Crippen LogP contribution in [0.2, 0.25) is 0 Å². The second-order valence-electron chi connectivity index (χ2n) is 5.52. The minimum Gasteiger partial charge on any atom is -0.371 e. The SMILES string of the molecule is CC1CCCN(c2ccc([C@H](C)N)c(Br)c2)CC1. The molecule has 3 heteroatoms. The van der Waals surface area contributed by atoms with Crippen LogP contribution in [0.1, 0.15) is 44.7 Å². The summed E-state index contributed by atoms with van der Waals surface area (Å²) < 4.78 is 1.13. The van der Waals surface area contributed by atoms with Crippen molar-refractivity contribution in [2.45, 2.75) is 39.2 Å². The Kier molecular flexibility index (Phi) is 4.68. The van der Waals surface area contributed by atoms with Gasteiger partial charge >= 0.3 is 0 Å². The zero-order valence-corrected chi connectivity index (χ0v) is 12.9. The zero-order chi connectivity index (χ0) is 13.1. The molecule has 1 unspecified atom stereocenters. The van der Waals surface area contributed by atoms with E-state index in [0.29, 0.717) is 0 Å². The van der Waals surface area contributed by atoms with Gasteiger partial charge in [-0.1, -0.05) is 28.9 Å². The predicted octanol–water partition coefficient (Wildman–Crippen LogP) is 4.10. The minimum atomic E-state index is 0.0811. The van der Waals surface area contributed by atoms with E-state index in [2.05, 4.69) is 46.0 Å². The van der Waals surface area contributed by atoms with Gasteiger partial charge in [-0.05, 0) is 49.8 Å². The van der Waals surface area contributed by atoms with Crippen molar-refractivity contribution in [1.29, 1.82) is 0 Å². The Morgan fingerprint density at radius 2 is 2.11 bits per heavy atom. The van der Waals surface area contributed by atoms with Crippen molar-refractivity contribution in [3.8, 4) is 0 Å². The molecule has 0 bridgehead atoms. The second kappa shape index (κ2) is 6.07. The summed E-state index contributed by atoms with van der Waals surface area (Å²) in [6.07, 6.45) is 3.95. The zero-order valence-electron chi connectivity index (χ0n) is 11.3. The molecule has 1 aromatic carbocycles. The Hall–Kier alpha value is -0.540. The van der Waals surface area contributed by atoms with Gasteiger partial charge in [0.05, 0.1) is 0 Å². The van der Waals surface area contributed by atoms with E-state index >= 15 is 0 Å². The van der Waals surface area contributed by atoms with Gasteiger partial charge in [0.15, 0.2) is 0 Å². The molecule has 2 atom stereocenters. The maximum absolute atomic E-state index is 5.94. The Morgan fingerprint density at radius 3 is 2.78 bits per heavy atom. The van der Waals surface area contributed by atoms with Crippen molar-refractivity contribution in [2.75, 3.05) is 18.0 Å². The Bertz CT molecular complexity index is 403. The van der Waals surface area contributed by atoms with Crippen molar-refractivity contribution in [2.24, 2.45) is 11.7 Å². The van der Waals surface area contributed by atoms with E-state index < -0.39 is 0 Å². The lowest BCUT2D eigenvalue weighted by atomic mass is 10.0. The second-order valence-corrected chi connectivity index (χ2v) is 6.37. The Labute approximate surface area is 119 Å². The molecule has 0 spiro atoms. The Morgan fingerprint density at radius 1 is 1.33 bits per heavy atom. The van der Waals surface area contributed by atoms with E-state index in [4.69, 9.17) is 5.73 Å². The quantitative estimate of drug-likeness (QED) is 0.891. The van der Waals surface area contributed by atoms with Crippen molar-refractivity contribution in [3.05, 3.63) is 28.2 Å². The van der Waals surface area contributed by atoms with Crippen LogP contribution in [0.3, 0.4) is 0 Å². The van der Waals surface area contributed by atoms with Gasteiger partial charge in [-0.3, -0.25) is 0 Å². The number of nitrogens with two attached hydrogens (primary N) is 1. The van der Waals surface area contributed by atoms with Crippen LogP contribution in [0.4, 0.5) is 5.69 Å². The van der Waals surface area contributed by atoms with E-state index in [0.717, 1.165) is 10.4 Å².